The molecule has 0 aliphatic heterocycles. The zero-order chi connectivity index (χ0) is 54.3. The van der Waals surface area contributed by atoms with E-state index in [1.807, 2.05) is 22.3 Å². The van der Waals surface area contributed by atoms with Crippen LogP contribution in [0.3, 0.4) is 0 Å². The summed E-state index contributed by atoms with van der Waals surface area (Å²) in [5.74, 6) is 3.29. The molecule has 4 saturated carbocycles. The van der Waals surface area contributed by atoms with Gasteiger partial charge in [0.05, 0.1) is 0 Å². The van der Waals surface area contributed by atoms with Gasteiger partial charge in [-0.05, 0) is 150 Å². The summed E-state index contributed by atoms with van der Waals surface area (Å²) in [6, 6.07) is 1.59. The average Bonchev–Trinajstić information content (AvgIpc) is 3.78. The summed E-state index contributed by atoms with van der Waals surface area (Å²) in [5, 5.41) is 0. The zero-order valence-corrected chi connectivity index (χ0v) is 53.7. The molecule has 4 aliphatic rings. The van der Waals surface area contributed by atoms with Gasteiger partial charge in [0.1, 0.15) is 0 Å². The number of hydrogen-bond donors (Lipinski definition) is 0. The van der Waals surface area contributed by atoms with Crippen LogP contribution >= 0.6 is 0 Å². The monoisotopic (exact) mass is 1060 g/mol. The molecular formula is C74H140N2. The van der Waals surface area contributed by atoms with Crippen molar-refractivity contribution in [1.82, 2.24) is 9.80 Å². The van der Waals surface area contributed by atoms with Gasteiger partial charge in [0.25, 0.3) is 0 Å². The van der Waals surface area contributed by atoms with Gasteiger partial charge >= 0.3 is 0 Å². The van der Waals surface area contributed by atoms with Crippen LogP contribution in [-0.4, -0.2) is 50.1 Å². The van der Waals surface area contributed by atoms with Gasteiger partial charge in [0.15, 0.2) is 0 Å². The molecule has 0 spiro atoms. The fourth-order valence-electron chi connectivity index (χ4n) is 16.7. The van der Waals surface area contributed by atoms with Crippen molar-refractivity contribution in [2.45, 2.75) is 393 Å². The molecule has 2 heteroatoms. The number of fused-ring (bicyclic) bond motifs is 1. The van der Waals surface area contributed by atoms with E-state index in [0.29, 0.717) is 0 Å². The normalized spacial score (nSPS) is 31.3. The fraction of sp³-hybridized carbons (Fsp3) is 0.946. The summed E-state index contributed by atoms with van der Waals surface area (Å²) in [7, 11) is 9.36. The van der Waals surface area contributed by atoms with E-state index in [-0.39, 0.29) is 5.41 Å². The smallest absolute Gasteiger partial charge is 0.0151 e. The van der Waals surface area contributed by atoms with Crippen molar-refractivity contribution < 1.29 is 0 Å². The third-order valence-corrected chi connectivity index (χ3v) is 22.3. The van der Waals surface area contributed by atoms with Crippen molar-refractivity contribution in [1.29, 1.82) is 0 Å². The average molecular weight is 1060 g/mol. The second kappa shape index (κ2) is 43.1. The minimum Gasteiger partial charge on any atom is -0.306 e. The molecule has 0 saturated heterocycles. The van der Waals surface area contributed by atoms with Crippen LogP contribution in [0.4, 0.5) is 0 Å². The number of rotatable bonds is 6. The van der Waals surface area contributed by atoms with Crippen molar-refractivity contribution in [3.05, 3.63) is 22.3 Å². The van der Waals surface area contributed by atoms with Crippen LogP contribution in [-0.2, 0) is 0 Å². The maximum Gasteiger partial charge on any atom is 0.0151 e. The Morgan fingerprint density at radius 3 is 0.711 bits per heavy atom. The Hall–Kier alpha value is -0.600. The van der Waals surface area contributed by atoms with Gasteiger partial charge in [-0.15, -0.1) is 0 Å². The Morgan fingerprint density at radius 2 is 0.461 bits per heavy atom. The Labute approximate surface area is 479 Å². The molecule has 0 bridgehead atoms. The van der Waals surface area contributed by atoms with E-state index in [0.717, 1.165) is 35.8 Å². The third kappa shape index (κ3) is 27.0. The molecule has 0 aromatic heterocycles. The molecule has 6 unspecified atom stereocenters. The highest BCUT2D eigenvalue weighted by Crippen LogP contribution is 2.61. The molecule has 0 N–H and O–H groups in total. The van der Waals surface area contributed by atoms with E-state index in [1.54, 1.807) is 0 Å². The zero-order valence-electron chi connectivity index (χ0n) is 53.7. The first-order valence-corrected chi connectivity index (χ1v) is 35.8. The molecule has 2 nitrogen and oxygen atoms in total. The van der Waals surface area contributed by atoms with E-state index in [2.05, 4.69) is 65.7 Å². The van der Waals surface area contributed by atoms with E-state index < -0.39 is 0 Å². The molecule has 0 radical (unpaired) electrons. The molecule has 0 amide bonds. The minimum atomic E-state index is 0.263. The van der Waals surface area contributed by atoms with Gasteiger partial charge in [0, 0.05) is 17.5 Å². The van der Waals surface area contributed by atoms with Crippen LogP contribution in [0.2, 0.25) is 0 Å². The van der Waals surface area contributed by atoms with E-state index in [1.165, 1.54) is 353 Å². The summed E-state index contributed by atoms with van der Waals surface area (Å²) < 4.78 is 0. The standard InChI is InChI=1S/C74H140N2/c1-64(68-52-42-32-22-18-20-25-37-47-57-71(75(5)6)59-49-39-30-28-34-44-54-68)66(3)74(63-62-70-56-46-36-24-16-14-12-10-9-11-13-15-17-27-41-51-61-73(70)74)67(4)65(2)69-53-43-33-23-19-21-26-38-48-58-72(76(7)8)60-50-40-31-29-35-45-55-69/h68-73H,9-63H2,1-8H3. The predicted molar refractivity (Wildman–Crippen MR) is 342 cm³/mol. The Morgan fingerprint density at radius 1 is 0.250 bits per heavy atom. The first-order chi connectivity index (χ1) is 37.2. The molecule has 0 heterocycles. The van der Waals surface area contributed by atoms with Gasteiger partial charge in [-0.1, -0.05) is 305 Å². The molecule has 446 valence electrons. The third-order valence-electron chi connectivity index (χ3n) is 22.3. The first kappa shape index (κ1) is 67.9. The van der Waals surface area contributed by atoms with E-state index >= 15 is 0 Å². The van der Waals surface area contributed by atoms with Crippen molar-refractivity contribution in [2.75, 3.05) is 28.2 Å². The van der Waals surface area contributed by atoms with Crippen LogP contribution in [0.15, 0.2) is 22.3 Å². The molecule has 0 aromatic carbocycles. The second-order valence-corrected chi connectivity index (χ2v) is 28.2. The molecule has 4 rings (SSSR count). The lowest BCUT2D eigenvalue weighted by Gasteiger charge is -2.44. The van der Waals surface area contributed by atoms with Crippen LogP contribution in [0.5, 0.6) is 0 Å². The lowest BCUT2D eigenvalue weighted by atomic mass is 9.60. The van der Waals surface area contributed by atoms with Gasteiger partial charge in [-0.25, -0.2) is 0 Å². The summed E-state index contributed by atoms with van der Waals surface area (Å²) in [5.41, 5.74) is 7.85. The highest BCUT2D eigenvalue weighted by molar-refractivity contribution is 5.38. The summed E-state index contributed by atoms with van der Waals surface area (Å²) in [6.45, 7) is 11.1. The lowest BCUT2D eigenvalue weighted by molar-refractivity contribution is 0.215. The SMILES string of the molecule is CC(=C(C)C1(C(C)=C(C)C2CCCCCCCCCCC(N(C)C)CCCCCCCC2)CCC2CCCCCCCCCCCCCCCCCC21)C1CCCCCCCCCCC(N(C)C)CCCCCCCC1. The number of nitrogens with zero attached hydrogens (tertiary/aromatic N) is 2. The highest BCUT2D eigenvalue weighted by atomic mass is 15.1. The van der Waals surface area contributed by atoms with Crippen LogP contribution in [0, 0.1) is 29.1 Å². The van der Waals surface area contributed by atoms with Crippen LogP contribution < -0.4 is 0 Å². The molecule has 0 aromatic rings. The molecule has 6 atom stereocenters. The quantitative estimate of drug-likeness (QED) is 0.245. The van der Waals surface area contributed by atoms with Gasteiger partial charge < -0.3 is 9.80 Å². The van der Waals surface area contributed by atoms with Crippen molar-refractivity contribution >= 4 is 0 Å². The maximum absolute atomic E-state index is 2.79. The molecule has 76 heavy (non-hydrogen) atoms. The van der Waals surface area contributed by atoms with E-state index in [4.69, 9.17) is 0 Å². The summed E-state index contributed by atoms with van der Waals surface area (Å²) in [6.07, 6.45) is 80.2. The minimum absolute atomic E-state index is 0.263. The van der Waals surface area contributed by atoms with Crippen molar-refractivity contribution in [3.63, 3.8) is 0 Å². The largest absolute Gasteiger partial charge is 0.306 e. The Bertz CT molecular complexity index is 1360. The highest BCUT2D eigenvalue weighted by Gasteiger charge is 2.51. The Balaban J connectivity index is 1.67. The fourth-order valence-corrected chi connectivity index (χ4v) is 16.7. The molecular weight excluding hydrogens is 917 g/mol. The maximum atomic E-state index is 2.79. The molecule has 4 aliphatic carbocycles. The Kier molecular flexibility index (Phi) is 38.5. The van der Waals surface area contributed by atoms with Crippen molar-refractivity contribution in [3.8, 4) is 0 Å². The van der Waals surface area contributed by atoms with Gasteiger partial charge in [-0.3, -0.25) is 0 Å². The van der Waals surface area contributed by atoms with E-state index in [9.17, 15) is 0 Å². The lowest BCUT2D eigenvalue weighted by Crippen LogP contribution is -2.34. The predicted octanol–water partition coefficient (Wildman–Crippen LogP) is 24.5. The first-order valence-electron chi connectivity index (χ1n) is 35.8. The molecule has 4 fully saturated rings. The van der Waals surface area contributed by atoms with Crippen LogP contribution in [0.1, 0.15) is 381 Å². The van der Waals surface area contributed by atoms with Gasteiger partial charge in [-0.2, -0.15) is 0 Å². The van der Waals surface area contributed by atoms with Gasteiger partial charge in [0.2, 0.25) is 0 Å². The summed E-state index contributed by atoms with van der Waals surface area (Å²) >= 11 is 0. The van der Waals surface area contributed by atoms with Crippen molar-refractivity contribution in [2.24, 2.45) is 29.1 Å². The summed E-state index contributed by atoms with van der Waals surface area (Å²) in [4.78, 5) is 5.09. The topological polar surface area (TPSA) is 6.48 Å². The number of hydrogen-bond acceptors (Lipinski definition) is 2. The van der Waals surface area contributed by atoms with Crippen LogP contribution in [0.25, 0.3) is 0 Å². The number of allylic oxidation sites excluding steroid dienone is 4. The second-order valence-electron chi connectivity index (χ2n) is 28.2.